The first-order chi connectivity index (χ1) is 15.7. The number of nitrogens with one attached hydrogen (secondary N) is 1. The van der Waals surface area contributed by atoms with Gasteiger partial charge in [0, 0.05) is 11.1 Å². The number of benzene rings is 4. The second kappa shape index (κ2) is 8.16. The quantitative estimate of drug-likeness (QED) is 0.417. The zero-order valence-corrected chi connectivity index (χ0v) is 17.7. The van der Waals surface area contributed by atoms with Gasteiger partial charge in [-0.05, 0) is 41.1 Å². The molecule has 0 saturated carbocycles. The molecular weight excluding hydrogens is 396 g/mol. The van der Waals surface area contributed by atoms with Crippen molar-refractivity contribution in [3.8, 4) is 0 Å². The Morgan fingerprint density at radius 1 is 0.719 bits per heavy atom. The van der Waals surface area contributed by atoms with Crippen molar-refractivity contribution in [2.75, 3.05) is 10.2 Å². The summed E-state index contributed by atoms with van der Waals surface area (Å²) in [5, 5.41) is 5.35. The Bertz CT molecular complexity index is 1350. The molecule has 0 aliphatic carbocycles. The van der Waals surface area contributed by atoms with Gasteiger partial charge in [0.1, 0.15) is 5.70 Å². The van der Waals surface area contributed by atoms with Crippen molar-refractivity contribution in [1.82, 2.24) is 0 Å². The highest BCUT2D eigenvalue weighted by Gasteiger charge is 2.40. The van der Waals surface area contributed by atoms with Crippen molar-refractivity contribution in [3.63, 3.8) is 0 Å². The highest BCUT2D eigenvalue weighted by molar-refractivity contribution is 6.46. The molecule has 0 bridgehead atoms. The van der Waals surface area contributed by atoms with Crippen molar-refractivity contribution >= 4 is 39.5 Å². The van der Waals surface area contributed by atoms with Crippen LogP contribution in [0.3, 0.4) is 0 Å². The van der Waals surface area contributed by atoms with Gasteiger partial charge in [-0.2, -0.15) is 0 Å². The normalized spacial score (nSPS) is 13.8. The second-order valence-electron chi connectivity index (χ2n) is 7.73. The summed E-state index contributed by atoms with van der Waals surface area (Å²) in [6, 6.07) is 30.8. The maximum Gasteiger partial charge on any atom is 0.282 e. The first-order valence-corrected chi connectivity index (χ1v) is 10.7. The maximum absolute atomic E-state index is 13.6. The largest absolute Gasteiger partial charge is 0.350 e. The van der Waals surface area contributed by atoms with Gasteiger partial charge < -0.3 is 5.32 Å². The van der Waals surface area contributed by atoms with Crippen LogP contribution in [0.15, 0.2) is 103 Å². The van der Waals surface area contributed by atoms with Crippen molar-refractivity contribution in [2.24, 2.45) is 0 Å². The third-order valence-corrected chi connectivity index (χ3v) is 5.80. The van der Waals surface area contributed by atoms with E-state index in [1.165, 1.54) is 4.90 Å². The molecule has 0 radical (unpaired) electrons. The molecule has 4 aromatic carbocycles. The van der Waals surface area contributed by atoms with E-state index in [1.54, 1.807) is 0 Å². The van der Waals surface area contributed by atoms with Gasteiger partial charge in [0.05, 0.1) is 11.3 Å². The minimum atomic E-state index is -0.356. The number of aryl methyl sites for hydroxylation is 1. The average Bonchev–Trinajstić information content (AvgIpc) is 3.09. The first kappa shape index (κ1) is 19.8. The lowest BCUT2D eigenvalue weighted by Crippen LogP contribution is -2.32. The standard InChI is InChI=1S/C28H22N2O2/c1-2-19-15-17-22(18-16-19)30-27(31)25(21-10-4-3-5-11-21)26(28(30)32)29-24-14-8-12-20-9-6-7-13-23(20)24/h3-18,29H,2H2,1H3. The number of amides is 2. The SMILES string of the molecule is CCc1ccc(N2C(=O)C(Nc3cccc4ccccc34)=C(c3ccccc3)C2=O)cc1. The highest BCUT2D eigenvalue weighted by atomic mass is 16.2. The molecule has 1 N–H and O–H groups in total. The van der Waals surface area contributed by atoms with Gasteiger partial charge in [0.25, 0.3) is 11.8 Å². The summed E-state index contributed by atoms with van der Waals surface area (Å²) in [6.45, 7) is 2.07. The van der Waals surface area contributed by atoms with Crippen LogP contribution in [0.4, 0.5) is 11.4 Å². The topological polar surface area (TPSA) is 49.4 Å². The van der Waals surface area contributed by atoms with Crippen LogP contribution in [0.2, 0.25) is 0 Å². The number of carbonyl (C=O) groups is 2. The molecule has 2 amide bonds. The molecule has 0 unspecified atom stereocenters. The number of hydrogen-bond acceptors (Lipinski definition) is 3. The lowest BCUT2D eigenvalue weighted by Gasteiger charge is -2.16. The van der Waals surface area contributed by atoms with Crippen molar-refractivity contribution in [2.45, 2.75) is 13.3 Å². The van der Waals surface area contributed by atoms with E-state index >= 15 is 0 Å². The summed E-state index contributed by atoms with van der Waals surface area (Å²) in [5.74, 6) is -0.681. The number of fused-ring (bicyclic) bond motifs is 1. The van der Waals surface area contributed by atoms with Crippen molar-refractivity contribution < 1.29 is 9.59 Å². The smallest absolute Gasteiger partial charge is 0.282 e. The number of anilines is 2. The van der Waals surface area contributed by atoms with Crippen molar-refractivity contribution in [3.05, 3.63) is 114 Å². The third kappa shape index (κ3) is 3.36. The van der Waals surface area contributed by atoms with Crippen LogP contribution in [0.25, 0.3) is 16.3 Å². The molecule has 5 rings (SSSR count). The Hall–Kier alpha value is -4.18. The summed E-state index contributed by atoms with van der Waals surface area (Å²) in [7, 11) is 0. The number of imide groups is 1. The van der Waals surface area contributed by atoms with Gasteiger partial charge in [-0.3, -0.25) is 9.59 Å². The van der Waals surface area contributed by atoms with Gasteiger partial charge in [-0.15, -0.1) is 0 Å². The van der Waals surface area contributed by atoms with Crippen LogP contribution < -0.4 is 10.2 Å². The Balaban J connectivity index is 1.63. The van der Waals surface area contributed by atoms with Gasteiger partial charge in [0.15, 0.2) is 0 Å². The average molecular weight is 418 g/mol. The van der Waals surface area contributed by atoms with Crippen LogP contribution in [0.1, 0.15) is 18.1 Å². The van der Waals surface area contributed by atoms with Crippen LogP contribution in [0, 0.1) is 0 Å². The number of rotatable bonds is 5. The maximum atomic E-state index is 13.6. The first-order valence-electron chi connectivity index (χ1n) is 10.7. The number of hydrogen-bond donors (Lipinski definition) is 1. The Labute approximate surface area is 186 Å². The fourth-order valence-electron chi connectivity index (χ4n) is 4.10. The Morgan fingerprint density at radius 3 is 2.16 bits per heavy atom. The Morgan fingerprint density at radius 2 is 1.41 bits per heavy atom. The molecule has 0 fully saturated rings. The molecule has 1 aliphatic heterocycles. The Kier molecular flexibility index (Phi) is 5.04. The molecule has 4 nitrogen and oxygen atoms in total. The lowest BCUT2D eigenvalue weighted by molar-refractivity contribution is -0.120. The minimum Gasteiger partial charge on any atom is -0.350 e. The van der Waals surface area contributed by atoms with E-state index in [0.717, 1.165) is 28.4 Å². The summed E-state index contributed by atoms with van der Waals surface area (Å²) in [6.07, 6.45) is 0.892. The van der Waals surface area contributed by atoms with Gasteiger partial charge in [0.2, 0.25) is 0 Å². The molecular formula is C28H22N2O2. The van der Waals surface area contributed by atoms with E-state index < -0.39 is 0 Å². The second-order valence-corrected chi connectivity index (χ2v) is 7.73. The molecule has 0 aromatic heterocycles. The highest BCUT2D eigenvalue weighted by Crippen LogP contribution is 2.35. The van der Waals surface area contributed by atoms with Gasteiger partial charge in [-0.25, -0.2) is 4.90 Å². The summed E-state index contributed by atoms with van der Waals surface area (Å²) < 4.78 is 0. The van der Waals surface area contributed by atoms with E-state index in [0.29, 0.717) is 16.8 Å². The fourth-order valence-corrected chi connectivity index (χ4v) is 4.10. The van der Waals surface area contributed by atoms with Crippen LogP contribution in [-0.4, -0.2) is 11.8 Å². The summed E-state index contributed by atoms with van der Waals surface area (Å²) in [4.78, 5) is 28.4. The molecule has 1 aliphatic rings. The molecule has 0 spiro atoms. The van der Waals surface area contributed by atoms with E-state index in [4.69, 9.17) is 0 Å². The van der Waals surface area contributed by atoms with Gasteiger partial charge >= 0.3 is 0 Å². The van der Waals surface area contributed by atoms with Crippen molar-refractivity contribution in [1.29, 1.82) is 0 Å². The predicted molar refractivity (Wildman–Crippen MR) is 129 cm³/mol. The molecule has 4 heteroatoms. The van der Waals surface area contributed by atoms with Crippen LogP contribution in [-0.2, 0) is 16.0 Å². The van der Waals surface area contributed by atoms with E-state index in [2.05, 4.69) is 12.2 Å². The summed E-state index contributed by atoms with van der Waals surface area (Å²) in [5.41, 5.74) is 3.89. The summed E-state index contributed by atoms with van der Waals surface area (Å²) >= 11 is 0. The van der Waals surface area contributed by atoms with Crippen LogP contribution in [0.5, 0.6) is 0 Å². The molecule has 4 aromatic rings. The number of nitrogens with zero attached hydrogens (tertiary/aromatic N) is 1. The number of carbonyl (C=O) groups excluding carboxylic acids is 2. The predicted octanol–water partition coefficient (Wildman–Crippen LogP) is 5.80. The van der Waals surface area contributed by atoms with Gasteiger partial charge in [-0.1, -0.05) is 85.8 Å². The monoisotopic (exact) mass is 418 g/mol. The molecule has 0 saturated heterocycles. The molecule has 156 valence electrons. The minimum absolute atomic E-state index is 0.289. The zero-order chi connectivity index (χ0) is 22.1. The van der Waals surface area contributed by atoms with E-state index in [1.807, 2.05) is 97.1 Å². The third-order valence-electron chi connectivity index (χ3n) is 5.80. The fraction of sp³-hybridized carbons (Fsp3) is 0.0714. The van der Waals surface area contributed by atoms with Crippen LogP contribution >= 0.6 is 0 Å². The molecule has 32 heavy (non-hydrogen) atoms. The molecule has 0 atom stereocenters. The van der Waals surface area contributed by atoms with E-state index in [9.17, 15) is 9.59 Å². The van der Waals surface area contributed by atoms with E-state index in [-0.39, 0.29) is 17.5 Å². The zero-order valence-electron chi connectivity index (χ0n) is 17.7. The molecule has 1 heterocycles. The lowest BCUT2D eigenvalue weighted by atomic mass is 10.0.